The maximum atomic E-state index is 12.4. The average molecular weight is 269 g/mol. The number of aromatic nitrogens is 1. The van der Waals surface area contributed by atoms with Crippen molar-refractivity contribution < 1.29 is 69.1 Å². The van der Waals surface area contributed by atoms with Crippen LogP contribution in [0.4, 0.5) is 12.9 Å². The molecule has 17 heavy (non-hydrogen) atoms. The van der Waals surface area contributed by atoms with Gasteiger partial charge in [-0.2, -0.15) is 0 Å². The van der Waals surface area contributed by atoms with Gasteiger partial charge in [0.05, 0.1) is 6.20 Å². The predicted molar refractivity (Wildman–Crippen MR) is 57.9 cm³/mol. The molecule has 0 aliphatic carbocycles. The maximum absolute atomic E-state index is 12.4. The van der Waals surface area contributed by atoms with Gasteiger partial charge in [-0.05, 0) is 18.1 Å². The molecule has 0 saturated heterocycles. The summed E-state index contributed by atoms with van der Waals surface area (Å²) in [5.41, 5.74) is 0.0718. The number of ether oxygens (including phenoxy) is 1. The first-order valence-corrected chi connectivity index (χ1v) is 4.87. The number of rotatable bonds is 5. The van der Waals surface area contributed by atoms with E-state index in [4.69, 9.17) is 4.74 Å². The Morgan fingerprint density at radius 3 is 2.59 bits per heavy atom. The van der Waals surface area contributed by atoms with Gasteiger partial charge < -0.3 is 17.7 Å². The van der Waals surface area contributed by atoms with Crippen molar-refractivity contribution in [2.45, 2.75) is 13.3 Å². The summed E-state index contributed by atoms with van der Waals surface area (Å²) < 4.78 is 42.3. The summed E-state index contributed by atoms with van der Waals surface area (Å²) in [5, 5.41) is 0. The molecule has 0 radical (unpaired) electrons. The van der Waals surface area contributed by atoms with E-state index in [1.54, 1.807) is 0 Å². The molecule has 1 rings (SSSR count). The molecule has 0 aliphatic heterocycles. The Morgan fingerprint density at radius 1 is 1.41 bits per heavy atom. The van der Waals surface area contributed by atoms with Crippen LogP contribution in [0, 0.1) is 0 Å². The van der Waals surface area contributed by atoms with Crippen LogP contribution in [0.5, 0.6) is 5.75 Å². The average Bonchev–Trinajstić information content (AvgIpc) is 2.25. The molecule has 0 unspecified atom stereocenters. The van der Waals surface area contributed by atoms with E-state index in [9.17, 15) is 12.9 Å². The second-order valence-electron chi connectivity index (χ2n) is 3.42. The van der Waals surface area contributed by atoms with E-state index in [1.807, 2.05) is 6.92 Å². The van der Waals surface area contributed by atoms with Gasteiger partial charge in [-0.25, -0.2) is 0 Å². The van der Waals surface area contributed by atoms with Crippen molar-refractivity contribution in [1.29, 1.82) is 0 Å². The molecular formula is C10H12BF3KNO. The molecule has 0 amide bonds. The van der Waals surface area contributed by atoms with Crippen LogP contribution in [0.15, 0.2) is 30.6 Å². The van der Waals surface area contributed by atoms with Gasteiger partial charge in [-0.1, -0.05) is 19.0 Å². The molecule has 0 saturated carbocycles. The van der Waals surface area contributed by atoms with Crippen molar-refractivity contribution >= 4 is 12.4 Å². The first-order chi connectivity index (χ1) is 7.43. The largest absolute Gasteiger partial charge is 1.00 e. The first kappa shape index (κ1) is 17.2. The van der Waals surface area contributed by atoms with Gasteiger partial charge in [0.25, 0.3) is 0 Å². The molecule has 0 aromatic carbocycles. The van der Waals surface area contributed by atoms with Gasteiger partial charge >= 0.3 is 58.4 Å². The fraction of sp³-hybridized carbons (Fsp3) is 0.300. The molecule has 7 heteroatoms. The molecule has 1 aromatic rings. The third-order valence-corrected chi connectivity index (χ3v) is 2.06. The molecule has 0 atom stereocenters. The van der Waals surface area contributed by atoms with E-state index >= 15 is 0 Å². The van der Waals surface area contributed by atoms with Gasteiger partial charge in [0.1, 0.15) is 12.4 Å². The summed E-state index contributed by atoms with van der Waals surface area (Å²) in [6.07, 6.45) is 2.78. The Kier molecular flexibility index (Phi) is 7.66. The summed E-state index contributed by atoms with van der Waals surface area (Å²) in [6.45, 7) is 0.788. The van der Waals surface area contributed by atoms with Crippen LogP contribution in [-0.2, 0) is 0 Å². The summed E-state index contributed by atoms with van der Waals surface area (Å²) in [5.74, 6) is 0.117. The minimum absolute atomic E-state index is 0. The minimum Gasteiger partial charge on any atom is -0.488 e. The van der Waals surface area contributed by atoms with E-state index in [0.717, 1.165) is 24.3 Å². The topological polar surface area (TPSA) is 22.1 Å². The quantitative estimate of drug-likeness (QED) is 0.530. The van der Waals surface area contributed by atoms with Crippen molar-refractivity contribution in [2.75, 3.05) is 6.61 Å². The molecule has 0 fully saturated rings. The fourth-order valence-electron chi connectivity index (χ4n) is 0.981. The predicted octanol–water partition coefficient (Wildman–Crippen LogP) is -0.515. The second kappa shape index (κ2) is 7.58. The number of pyridine rings is 1. The maximum Gasteiger partial charge on any atom is 1.00 e. The van der Waals surface area contributed by atoms with Crippen molar-refractivity contribution in [1.82, 2.24) is 4.98 Å². The van der Waals surface area contributed by atoms with E-state index in [-0.39, 0.29) is 63.7 Å². The summed E-state index contributed by atoms with van der Waals surface area (Å²) >= 11 is 0. The fourth-order valence-corrected chi connectivity index (χ4v) is 0.981. The molecule has 0 N–H and O–H groups in total. The molecule has 1 heterocycles. The van der Waals surface area contributed by atoms with E-state index in [2.05, 4.69) is 11.6 Å². The van der Waals surface area contributed by atoms with Crippen LogP contribution >= 0.6 is 0 Å². The molecule has 2 nitrogen and oxygen atoms in total. The van der Waals surface area contributed by atoms with Crippen molar-refractivity contribution in [3.63, 3.8) is 0 Å². The number of halogens is 3. The van der Waals surface area contributed by atoms with Gasteiger partial charge in [0.15, 0.2) is 0 Å². The Morgan fingerprint density at radius 2 is 2.06 bits per heavy atom. The smallest absolute Gasteiger partial charge is 0.488 e. The van der Waals surface area contributed by atoms with E-state index in [1.165, 1.54) is 6.20 Å². The zero-order chi connectivity index (χ0) is 12.2. The Labute approximate surface area is 141 Å². The summed E-state index contributed by atoms with van der Waals surface area (Å²) in [4.78, 5) is 3.50. The standard InChI is InChI=1S/C10H12BF3NO.K/c1-3-8(2)7-16-10-4-9(5-15-6-10)11(12,13)14;/h4-6H,2-3,7H2,1H3;/q-1;+1. The second-order valence-corrected chi connectivity index (χ2v) is 3.42. The Bertz CT molecular complexity index is 384. The number of hydrogen-bond acceptors (Lipinski definition) is 2. The molecule has 0 bridgehead atoms. The van der Waals surface area contributed by atoms with Gasteiger partial charge in [0, 0.05) is 6.20 Å². The molecule has 0 aliphatic rings. The zero-order valence-corrected chi connectivity index (χ0v) is 13.0. The summed E-state index contributed by atoms with van der Waals surface area (Å²) in [7, 11) is 0. The first-order valence-electron chi connectivity index (χ1n) is 4.87. The molecule has 88 valence electrons. The van der Waals surface area contributed by atoms with Crippen LogP contribution in [0.25, 0.3) is 0 Å². The van der Waals surface area contributed by atoms with Gasteiger partial charge in [-0.3, -0.25) is 4.98 Å². The van der Waals surface area contributed by atoms with Crippen LogP contribution in [0.3, 0.4) is 0 Å². The van der Waals surface area contributed by atoms with Gasteiger partial charge in [0.2, 0.25) is 0 Å². The Hall–Kier alpha value is 0.181. The monoisotopic (exact) mass is 269 g/mol. The minimum atomic E-state index is -5.02. The van der Waals surface area contributed by atoms with Crippen LogP contribution in [0.2, 0.25) is 0 Å². The number of hydrogen-bond donors (Lipinski definition) is 0. The van der Waals surface area contributed by atoms with Crippen LogP contribution in [-0.4, -0.2) is 18.6 Å². The van der Waals surface area contributed by atoms with Crippen LogP contribution < -0.4 is 61.6 Å². The van der Waals surface area contributed by atoms with Gasteiger partial charge in [-0.15, -0.1) is 0 Å². The molecule has 1 aromatic heterocycles. The van der Waals surface area contributed by atoms with Crippen molar-refractivity contribution in [3.8, 4) is 5.75 Å². The van der Waals surface area contributed by atoms with Crippen molar-refractivity contribution in [3.05, 3.63) is 30.6 Å². The number of nitrogens with zero attached hydrogens (tertiary/aromatic N) is 1. The Balaban J connectivity index is 0.00000256. The third-order valence-electron chi connectivity index (χ3n) is 2.06. The normalized spacial score (nSPS) is 10.6. The third kappa shape index (κ3) is 6.06. The van der Waals surface area contributed by atoms with Crippen molar-refractivity contribution in [2.24, 2.45) is 0 Å². The zero-order valence-electron chi connectivity index (χ0n) is 9.92. The van der Waals surface area contributed by atoms with E-state index < -0.39 is 12.4 Å². The van der Waals surface area contributed by atoms with Crippen LogP contribution in [0.1, 0.15) is 13.3 Å². The van der Waals surface area contributed by atoms with E-state index in [0.29, 0.717) is 0 Å². The molecular weight excluding hydrogens is 257 g/mol. The molecule has 0 spiro atoms. The SMILES string of the molecule is C=C(CC)COc1cncc([B-](F)(F)F)c1.[K+]. The summed E-state index contributed by atoms with van der Waals surface area (Å²) in [6, 6.07) is 0.954.